The zero-order chi connectivity index (χ0) is 51.5. The number of aliphatic hydroxyl groups excluding tert-OH is 1. The molecule has 0 bridgehead atoms. The van der Waals surface area contributed by atoms with Crippen molar-refractivity contribution >= 4 is 63.6 Å². The predicted octanol–water partition coefficient (Wildman–Crippen LogP) is 5.61. The molecule has 0 spiro atoms. The first kappa shape index (κ1) is 54.3. The van der Waals surface area contributed by atoms with Gasteiger partial charge in [-0.15, -0.1) is 32.9 Å². The molecule has 4 N–H and O–H groups in total. The first-order chi connectivity index (χ1) is 34.5. The molecule has 18 nitrogen and oxygen atoms in total. The Morgan fingerprint density at radius 3 is 2.15 bits per heavy atom. The second-order valence-electron chi connectivity index (χ2n) is 18.8. The number of fused-ring (bicyclic) bond motifs is 3. The number of halogens is 1. The van der Waals surface area contributed by atoms with Crippen LogP contribution in [0.4, 0.5) is 0 Å². The molecule has 1 fully saturated rings. The highest BCUT2D eigenvalue weighted by Crippen LogP contribution is 2.40. The van der Waals surface area contributed by atoms with E-state index in [0.717, 1.165) is 54.9 Å². The Balaban J connectivity index is 0.753. The summed E-state index contributed by atoms with van der Waals surface area (Å²) in [6.07, 6.45) is -0.718. The molecule has 3 aromatic heterocycles. The van der Waals surface area contributed by atoms with Gasteiger partial charge in [0.25, 0.3) is 0 Å². The van der Waals surface area contributed by atoms with Crippen LogP contribution in [-0.4, -0.2) is 143 Å². The topological polar surface area (TPSA) is 221 Å². The van der Waals surface area contributed by atoms with E-state index < -0.39 is 41.5 Å². The maximum atomic E-state index is 14.0. The fourth-order valence-electron chi connectivity index (χ4n) is 8.45. The number of ether oxygens (including phenoxy) is 4. The Kier molecular flexibility index (Phi) is 18.9. The lowest BCUT2D eigenvalue weighted by Crippen LogP contribution is -2.58. The van der Waals surface area contributed by atoms with Crippen molar-refractivity contribution in [3.05, 3.63) is 104 Å². The number of rotatable bonds is 23. The highest BCUT2D eigenvalue weighted by Gasteiger charge is 2.44. The quantitative estimate of drug-likeness (QED) is 0.0587. The fourth-order valence-corrected chi connectivity index (χ4v) is 10.6. The molecule has 0 aliphatic carbocycles. The summed E-state index contributed by atoms with van der Waals surface area (Å²) in [6.45, 7) is 15.6. The summed E-state index contributed by atoms with van der Waals surface area (Å²) in [6, 6.07) is 13.0. The van der Waals surface area contributed by atoms with Crippen LogP contribution in [-0.2, 0) is 44.7 Å². The van der Waals surface area contributed by atoms with Gasteiger partial charge in [0.2, 0.25) is 23.6 Å². The number of benzene rings is 2. The third kappa shape index (κ3) is 13.8. The minimum absolute atomic E-state index is 0.0253. The van der Waals surface area contributed by atoms with Crippen molar-refractivity contribution in [2.75, 3.05) is 65.9 Å². The summed E-state index contributed by atoms with van der Waals surface area (Å²) >= 11 is 9.45. The van der Waals surface area contributed by atoms with Crippen LogP contribution < -0.4 is 16.0 Å². The van der Waals surface area contributed by atoms with Gasteiger partial charge in [-0.1, -0.05) is 68.8 Å². The van der Waals surface area contributed by atoms with E-state index in [4.69, 9.17) is 35.5 Å². The molecule has 1 saturated heterocycles. The second-order valence-corrected chi connectivity index (χ2v) is 21.3. The van der Waals surface area contributed by atoms with Gasteiger partial charge in [-0.05, 0) is 61.9 Å². The summed E-state index contributed by atoms with van der Waals surface area (Å²) in [5.74, 6) is -0.190. The number of hydrogen-bond acceptors (Lipinski definition) is 15. The number of amides is 4. The van der Waals surface area contributed by atoms with Gasteiger partial charge >= 0.3 is 0 Å². The van der Waals surface area contributed by atoms with Crippen molar-refractivity contribution in [1.29, 1.82) is 0 Å². The maximum absolute atomic E-state index is 14.0. The minimum atomic E-state index is -0.978. The highest BCUT2D eigenvalue weighted by atomic mass is 35.5. The molecule has 1 unspecified atom stereocenters. The molecule has 4 amide bonds. The van der Waals surface area contributed by atoms with Crippen molar-refractivity contribution in [1.82, 2.24) is 40.6 Å². The Hall–Kier alpha value is -5.45. The SMILES string of the molecule is Cc1ncsc1-c1ccc(CNC(=O)[C@@H]2C[C@@H](O)CN2C(=O)C(NC(=O)COCCOCCOCCOCCNC(=O)C[C@@H]2N=C(c3ccc(Cl)cc3)c3c(sc(C)c3C)-n3c(C)nnc32)C(C)(C)C)cc1. The molecule has 4 atom stereocenters. The van der Waals surface area contributed by atoms with Gasteiger partial charge in [-0.2, -0.15) is 0 Å². The lowest BCUT2D eigenvalue weighted by atomic mass is 9.85. The van der Waals surface area contributed by atoms with E-state index in [0.29, 0.717) is 50.4 Å². The van der Waals surface area contributed by atoms with Crippen molar-refractivity contribution in [3.8, 4) is 15.4 Å². The number of aryl methyl sites for hydroxylation is 3. The van der Waals surface area contributed by atoms with Gasteiger partial charge < -0.3 is 44.9 Å². The van der Waals surface area contributed by atoms with Gasteiger partial charge in [0, 0.05) is 47.1 Å². The second kappa shape index (κ2) is 25.0. The monoisotopic (exact) mass is 1050 g/mol. The number of hydrogen-bond donors (Lipinski definition) is 4. The molecule has 386 valence electrons. The zero-order valence-corrected chi connectivity index (χ0v) is 44.2. The Bertz CT molecular complexity index is 2700. The van der Waals surface area contributed by atoms with E-state index in [1.54, 1.807) is 22.7 Å². The van der Waals surface area contributed by atoms with Crippen molar-refractivity contribution in [2.45, 2.75) is 92.1 Å². The zero-order valence-electron chi connectivity index (χ0n) is 41.8. The Morgan fingerprint density at radius 1 is 0.847 bits per heavy atom. The molecule has 0 radical (unpaired) electrons. The number of carbonyl (C=O) groups is 4. The molecular weight excluding hydrogens is 982 g/mol. The van der Waals surface area contributed by atoms with Crippen LogP contribution in [0.2, 0.25) is 5.02 Å². The van der Waals surface area contributed by atoms with Crippen LogP contribution >= 0.6 is 34.3 Å². The van der Waals surface area contributed by atoms with Crippen LogP contribution in [0.3, 0.4) is 0 Å². The number of aliphatic hydroxyl groups is 1. The van der Waals surface area contributed by atoms with Crippen molar-refractivity contribution in [3.63, 3.8) is 0 Å². The van der Waals surface area contributed by atoms with Crippen LogP contribution in [0.5, 0.6) is 0 Å². The third-order valence-corrected chi connectivity index (χ3v) is 14.8. The number of β-amino-alcohol motifs (C(OH)–C–C–N with tert-alkyl or cyclic N) is 1. The fraction of sp³-hybridized carbons (Fsp3) is 0.490. The molecule has 72 heavy (non-hydrogen) atoms. The van der Waals surface area contributed by atoms with E-state index in [1.807, 2.05) is 93.2 Å². The average Bonchev–Trinajstić information content (AvgIpc) is 4.12. The van der Waals surface area contributed by atoms with E-state index in [9.17, 15) is 24.3 Å². The van der Waals surface area contributed by atoms with Gasteiger partial charge in [-0.3, -0.25) is 28.7 Å². The van der Waals surface area contributed by atoms with Crippen LogP contribution in [0, 0.1) is 33.1 Å². The number of likely N-dealkylation sites (tertiary alicyclic amines) is 1. The maximum Gasteiger partial charge on any atom is 0.246 e. The van der Waals surface area contributed by atoms with Gasteiger partial charge in [0.15, 0.2) is 5.82 Å². The average molecular weight is 1050 g/mol. The first-order valence-electron chi connectivity index (χ1n) is 24.0. The standard InChI is InChI=1S/C51H64ClN9O9S2/c1-30-32(3)72-50-43(30)44(35-12-14-37(52)15-13-35)56-39(47-59-58-33(4)61(47)50)25-41(63)53-16-17-67-18-19-68-20-21-69-22-23-70-28-42(64)57-46(51(5,6)7)49(66)60-27-38(62)24-40(60)48(65)54-26-34-8-10-36(11-9-34)45-31(2)55-29-71-45/h8-15,29,38-40,46,62H,16-28H2,1-7H3,(H,53,63)(H,54,65)(H,57,64)/t38-,39+,40+,46?/m1/s1. The van der Waals surface area contributed by atoms with Crippen LogP contribution in [0.25, 0.3) is 15.4 Å². The molecule has 0 saturated carbocycles. The predicted molar refractivity (Wildman–Crippen MR) is 276 cm³/mol. The molecule has 2 aliphatic heterocycles. The number of carbonyl (C=O) groups excluding carboxylic acids is 4. The van der Waals surface area contributed by atoms with E-state index in [-0.39, 0.29) is 57.6 Å². The van der Waals surface area contributed by atoms with E-state index in [1.165, 1.54) is 9.78 Å². The minimum Gasteiger partial charge on any atom is -0.391 e. The first-order valence-corrected chi connectivity index (χ1v) is 26.1. The van der Waals surface area contributed by atoms with Crippen LogP contribution in [0.15, 0.2) is 59.0 Å². The molecule has 2 aliphatic rings. The van der Waals surface area contributed by atoms with Gasteiger partial charge in [-0.25, -0.2) is 4.98 Å². The largest absolute Gasteiger partial charge is 0.391 e. The van der Waals surface area contributed by atoms with Crippen LogP contribution in [0.1, 0.15) is 84.1 Å². The number of thiazole rings is 1. The number of nitrogens with one attached hydrogen (secondary N) is 3. The normalized spacial score (nSPS) is 16.9. The molecule has 21 heteroatoms. The summed E-state index contributed by atoms with van der Waals surface area (Å²) in [7, 11) is 0. The number of nitrogens with zero attached hydrogens (tertiary/aromatic N) is 6. The lowest BCUT2D eigenvalue weighted by Gasteiger charge is -2.35. The summed E-state index contributed by atoms with van der Waals surface area (Å²) in [5, 5.41) is 29.6. The Labute approximate surface area is 432 Å². The lowest BCUT2D eigenvalue weighted by molar-refractivity contribution is -0.144. The molecule has 7 rings (SSSR count). The molecule has 2 aromatic carbocycles. The number of aromatic nitrogens is 4. The van der Waals surface area contributed by atoms with Gasteiger partial charge in [0.05, 0.1) is 80.6 Å². The smallest absolute Gasteiger partial charge is 0.246 e. The van der Waals surface area contributed by atoms with Crippen molar-refractivity contribution < 1.29 is 43.2 Å². The summed E-state index contributed by atoms with van der Waals surface area (Å²) in [5.41, 5.74) is 7.79. The summed E-state index contributed by atoms with van der Waals surface area (Å²) in [4.78, 5) is 66.7. The molecule has 5 heterocycles. The third-order valence-electron chi connectivity index (χ3n) is 12.4. The molecular formula is C51H64ClN9O9S2. The number of aliphatic imine (C=N–C) groups is 1. The summed E-state index contributed by atoms with van der Waals surface area (Å²) < 4.78 is 24.4. The van der Waals surface area contributed by atoms with E-state index >= 15 is 0 Å². The van der Waals surface area contributed by atoms with Gasteiger partial charge in [0.1, 0.15) is 35.6 Å². The van der Waals surface area contributed by atoms with E-state index in [2.05, 4.69) is 45.0 Å². The van der Waals surface area contributed by atoms with Crippen molar-refractivity contribution in [2.24, 2.45) is 10.4 Å². The highest BCUT2D eigenvalue weighted by molar-refractivity contribution is 7.15. The Morgan fingerprint density at radius 2 is 1.50 bits per heavy atom. The number of thiophene rings is 1. The molecule has 5 aromatic rings.